The number of carbonyl (C=O) groups excluding carboxylic acids is 1. The molecule has 7 heteroatoms. The lowest BCUT2D eigenvalue weighted by molar-refractivity contribution is 0.0989. The van der Waals surface area contributed by atoms with Crippen molar-refractivity contribution < 1.29 is 9.53 Å². The highest BCUT2D eigenvalue weighted by atomic mass is 32.1. The van der Waals surface area contributed by atoms with Gasteiger partial charge in [-0.05, 0) is 18.2 Å². The second-order valence-corrected chi connectivity index (χ2v) is 7.94. The number of hydrogen-bond acceptors (Lipinski definition) is 6. The van der Waals surface area contributed by atoms with E-state index in [0.717, 1.165) is 17.0 Å². The first-order valence-electron chi connectivity index (χ1n) is 9.28. The van der Waals surface area contributed by atoms with Crippen LogP contribution in [0.2, 0.25) is 0 Å². The molecule has 2 aromatic carbocycles. The number of hydrogen-bond donors (Lipinski definition) is 0. The van der Waals surface area contributed by atoms with E-state index in [2.05, 4.69) is 16.5 Å². The molecule has 0 N–H and O–H groups in total. The molecule has 5 nitrogen and oxygen atoms in total. The highest BCUT2D eigenvalue weighted by molar-refractivity contribution is 7.14. The summed E-state index contributed by atoms with van der Waals surface area (Å²) in [4.78, 5) is 23.8. The van der Waals surface area contributed by atoms with Gasteiger partial charge in [0.25, 0.3) is 5.91 Å². The highest BCUT2D eigenvalue weighted by Crippen LogP contribution is 2.29. The molecule has 4 aromatic rings. The van der Waals surface area contributed by atoms with E-state index in [1.54, 1.807) is 28.6 Å². The van der Waals surface area contributed by atoms with Crippen LogP contribution in [0.1, 0.15) is 16.1 Å². The van der Waals surface area contributed by atoms with Crippen molar-refractivity contribution >= 4 is 33.7 Å². The van der Waals surface area contributed by atoms with Gasteiger partial charge in [-0.1, -0.05) is 42.5 Å². The maximum Gasteiger partial charge on any atom is 0.260 e. The number of rotatable bonds is 8. The first-order chi connectivity index (χ1) is 14.7. The molecule has 0 aliphatic carbocycles. The lowest BCUT2D eigenvalue weighted by atomic mass is 10.2. The average Bonchev–Trinajstić information content (AvgIpc) is 3.49. The summed E-state index contributed by atoms with van der Waals surface area (Å²) in [6, 6.07) is 17.1. The Kier molecular flexibility index (Phi) is 6.32. The van der Waals surface area contributed by atoms with E-state index in [1.165, 1.54) is 22.7 Å². The number of benzene rings is 2. The first-order valence-corrected chi connectivity index (χ1v) is 11.1. The summed E-state index contributed by atoms with van der Waals surface area (Å²) in [7, 11) is 0. The molecule has 0 aliphatic rings. The SMILES string of the molecule is C=CCN(C(=O)c1cccc(OCc2cscn2)c1)c1nc(-c2ccccc2)cs1. The molecule has 0 spiro atoms. The minimum atomic E-state index is -0.150. The van der Waals surface area contributed by atoms with Crippen molar-refractivity contribution in [2.75, 3.05) is 11.4 Å². The number of ether oxygens (including phenoxy) is 1. The fourth-order valence-electron chi connectivity index (χ4n) is 2.85. The third-order valence-corrected chi connectivity index (χ3v) is 5.80. The van der Waals surface area contributed by atoms with Gasteiger partial charge in [0.05, 0.1) is 16.9 Å². The second kappa shape index (κ2) is 9.47. The molecule has 2 aromatic heterocycles. The summed E-state index contributed by atoms with van der Waals surface area (Å²) < 4.78 is 5.79. The third-order valence-electron chi connectivity index (χ3n) is 4.30. The fourth-order valence-corrected chi connectivity index (χ4v) is 4.23. The Hall–Kier alpha value is -3.29. The molecule has 150 valence electrons. The van der Waals surface area contributed by atoms with Crippen molar-refractivity contribution in [3.63, 3.8) is 0 Å². The minimum absolute atomic E-state index is 0.150. The molecule has 4 rings (SSSR count). The average molecular weight is 434 g/mol. The molecule has 0 saturated heterocycles. The van der Waals surface area contributed by atoms with Gasteiger partial charge in [0.15, 0.2) is 5.13 Å². The van der Waals surface area contributed by atoms with E-state index in [-0.39, 0.29) is 5.91 Å². The Morgan fingerprint density at radius 1 is 1.13 bits per heavy atom. The van der Waals surface area contributed by atoms with E-state index in [4.69, 9.17) is 4.74 Å². The smallest absolute Gasteiger partial charge is 0.260 e. The van der Waals surface area contributed by atoms with Gasteiger partial charge in [-0.2, -0.15) is 0 Å². The van der Waals surface area contributed by atoms with Crippen molar-refractivity contribution in [1.82, 2.24) is 9.97 Å². The highest BCUT2D eigenvalue weighted by Gasteiger charge is 2.20. The Morgan fingerprint density at radius 2 is 2.00 bits per heavy atom. The summed E-state index contributed by atoms with van der Waals surface area (Å²) >= 11 is 2.96. The van der Waals surface area contributed by atoms with E-state index in [9.17, 15) is 4.79 Å². The zero-order valence-corrected chi connectivity index (χ0v) is 17.7. The van der Waals surface area contributed by atoms with Crippen LogP contribution in [0.3, 0.4) is 0 Å². The van der Waals surface area contributed by atoms with Crippen LogP contribution in [0, 0.1) is 0 Å². The molecule has 1 amide bonds. The fraction of sp³-hybridized carbons (Fsp3) is 0.0870. The van der Waals surface area contributed by atoms with E-state index in [1.807, 2.05) is 53.2 Å². The van der Waals surface area contributed by atoms with Crippen LogP contribution >= 0.6 is 22.7 Å². The molecule has 0 saturated carbocycles. The van der Waals surface area contributed by atoms with Crippen LogP contribution in [0.25, 0.3) is 11.3 Å². The van der Waals surface area contributed by atoms with Gasteiger partial charge < -0.3 is 4.74 Å². The number of nitrogens with zero attached hydrogens (tertiary/aromatic N) is 3. The normalized spacial score (nSPS) is 10.5. The van der Waals surface area contributed by atoms with Crippen LogP contribution in [-0.2, 0) is 6.61 Å². The predicted molar refractivity (Wildman–Crippen MR) is 122 cm³/mol. The number of anilines is 1. The molecular formula is C23H19N3O2S2. The molecule has 30 heavy (non-hydrogen) atoms. The summed E-state index contributed by atoms with van der Waals surface area (Å²) in [5.74, 6) is 0.472. The van der Waals surface area contributed by atoms with Gasteiger partial charge in [-0.15, -0.1) is 29.3 Å². The number of thiazole rings is 2. The van der Waals surface area contributed by atoms with Gasteiger partial charge in [-0.25, -0.2) is 9.97 Å². The quantitative estimate of drug-likeness (QED) is 0.336. The second-order valence-electron chi connectivity index (χ2n) is 6.38. The molecular weight excluding hydrogens is 414 g/mol. The lowest BCUT2D eigenvalue weighted by Crippen LogP contribution is -2.31. The topological polar surface area (TPSA) is 55.3 Å². The molecule has 0 unspecified atom stereocenters. The summed E-state index contributed by atoms with van der Waals surface area (Å²) in [6.45, 7) is 4.53. The molecule has 0 bridgehead atoms. The maximum absolute atomic E-state index is 13.2. The Balaban J connectivity index is 1.54. The first kappa shape index (κ1) is 20.0. The van der Waals surface area contributed by atoms with Crippen LogP contribution in [0.5, 0.6) is 5.75 Å². The monoisotopic (exact) mass is 433 g/mol. The molecule has 2 heterocycles. The van der Waals surface area contributed by atoms with Crippen LogP contribution in [-0.4, -0.2) is 22.4 Å². The number of aromatic nitrogens is 2. The molecule has 0 fully saturated rings. The van der Waals surface area contributed by atoms with Crippen molar-refractivity contribution in [2.45, 2.75) is 6.61 Å². The van der Waals surface area contributed by atoms with Crippen molar-refractivity contribution in [1.29, 1.82) is 0 Å². The Bertz CT molecular complexity index is 1120. The van der Waals surface area contributed by atoms with E-state index in [0.29, 0.717) is 29.6 Å². The van der Waals surface area contributed by atoms with Crippen molar-refractivity contribution in [3.05, 3.63) is 94.8 Å². The van der Waals surface area contributed by atoms with E-state index < -0.39 is 0 Å². The summed E-state index contributed by atoms with van der Waals surface area (Å²) in [6.07, 6.45) is 1.70. The summed E-state index contributed by atoms with van der Waals surface area (Å²) in [5, 5.41) is 4.53. The predicted octanol–water partition coefficient (Wildman–Crippen LogP) is 5.68. The number of amides is 1. The zero-order chi connectivity index (χ0) is 20.8. The summed E-state index contributed by atoms with van der Waals surface area (Å²) in [5.41, 5.74) is 5.02. The number of carbonyl (C=O) groups is 1. The van der Waals surface area contributed by atoms with Crippen LogP contribution in [0.15, 0.2) is 83.5 Å². The Morgan fingerprint density at radius 3 is 2.77 bits per heavy atom. The standard InChI is InChI=1S/C23H19N3O2S2/c1-2-11-26(23-25-21(15-30-23)17-7-4-3-5-8-17)22(27)18-9-6-10-20(12-18)28-13-19-14-29-16-24-19/h2-10,12,14-16H,1,11,13H2. The lowest BCUT2D eigenvalue weighted by Gasteiger charge is -2.18. The van der Waals surface area contributed by atoms with Gasteiger partial charge >= 0.3 is 0 Å². The maximum atomic E-state index is 13.2. The van der Waals surface area contributed by atoms with Crippen LogP contribution < -0.4 is 9.64 Å². The van der Waals surface area contributed by atoms with Crippen molar-refractivity contribution in [3.8, 4) is 17.0 Å². The van der Waals surface area contributed by atoms with Gasteiger partial charge in [0.1, 0.15) is 12.4 Å². The van der Waals surface area contributed by atoms with E-state index >= 15 is 0 Å². The zero-order valence-electron chi connectivity index (χ0n) is 16.1. The van der Waals surface area contributed by atoms with Gasteiger partial charge in [-0.3, -0.25) is 9.69 Å². The minimum Gasteiger partial charge on any atom is -0.487 e. The Labute approximate surface area is 182 Å². The van der Waals surface area contributed by atoms with Crippen LogP contribution in [0.4, 0.5) is 5.13 Å². The van der Waals surface area contributed by atoms with Gasteiger partial charge in [0.2, 0.25) is 0 Å². The van der Waals surface area contributed by atoms with Gasteiger partial charge in [0, 0.05) is 28.4 Å². The third kappa shape index (κ3) is 4.64. The largest absolute Gasteiger partial charge is 0.487 e. The molecule has 0 atom stereocenters. The van der Waals surface area contributed by atoms with Crippen molar-refractivity contribution in [2.24, 2.45) is 0 Å². The molecule has 0 radical (unpaired) electrons. The molecule has 0 aliphatic heterocycles.